The summed E-state index contributed by atoms with van der Waals surface area (Å²) >= 11 is 1.73. The molecule has 0 radical (unpaired) electrons. The Morgan fingerprint density at radius 1 is 1.64 bits per heavy atom. The second-order valence-corrected chi connectivity index (χ2v) is 4.53. The van der Waals surface area contributed by atoms with Crippen LogP contribution in [0.1, 0.15) is 27.7 Å². The molecule has 1 atom stereocenters. The minimum absolute atomic E-state index is 0.0431. The Hall–Kier alpha value is -0.700. The Balaban J connectivity index is 4.58. The van der Waals surface area contributed by atoms with Crippen LogP contribution in [0.2, 0.25) is 0 Å². The van der Waals surface area contributed by atoms with Crippen LogP contribution in [0.3, 0.4) is 0 Å². The second kappa shape index (κ2) is 6.71. The van der Waals surface area contributed by atoms with Crippen molar-refractivity contribution in [3.05, 3.63) is 24.4 Å². The summed E-state index contributed by atoms with van der Waals surface area (Å²) < 4.78 is 0. The van der Waals surface area contributed by atoms with Gasteiger partial charge in [0.15, 0.2) is 0 Å². The molecule has 1 unspecified atom stereocenters. The minimum Gasteiger partial charge on any atom is -0.301 e. The molecule has 0 heterocycles. The number of amides is 1. The van der Waals surface area contributed by atoms with E-state index in [-0.39, 0.29) is 11.3 Å². The van der Waals surface area contributed by atoms with E-state index in [1.165, 1.54) is 0 Å². The van der Waals surface area contributed by atoms with Crippen molar-refractivity contribution in [2.45, 2.75) is 33.1 Å². The van der Waals surface area contributed by atoms with Crippen LogP contribution in [0, 0.1) is 0 Å². The summed E-state index contributed by atoms with van der Waals surface area (Å²) in [5, 5.41) is 0.154. The van der Waals surface area contributed by atoms with Gasteiger partial charge in [0.1, 0.15) is 0 Å². The van der Waals surface area contributed by atoms with E-state index in [9.17, 15) is 4.79 Å². The van der Waals surface area contributed by atoms with Crippen LogP contribution >= 0.6 is 11.8 Å². The van der Waals surface area contributed by atoms with Gasteiger partial charge in [0.25, 0.3) is 0 Å². The molecule has 0 bridgehead atoms. The van der Waals surface area contributed by atoms with E-state index in [4.69, 9.17) is 0 Å². The number of allylic oxidation sites excluding steroid dienone is 2. The molecule has 0 saturated heterocycles. The van der Waals surface area contributed by atoms with Crippen LogP contribution in [0.5, 0.6) is 0 Å². The topological polar surface area (TPSA) is 20.3 Å². The van der Waals surface area contributed by atoms with Gasteiger partial charge in [0.2, 0.25) is 5.91 Å². The van der Waals surface area contributed by atoms with Gasteiger partial charge in [-0.2, -0.15) is 0 Å². The van der Waals surface area contributed by atoms with Crippen molar-refractivity contribution >= 4 is 17.7 Å². The lowest BCUT2D eigenvalue weighted by Crippen LogP contribution is -2.33. The summed E-state index contributed by atoms with van der Waals surface area (Å²) in [6.45, 7) is 11.5. The highest BCUT2D eigenvalue weighted by Crippen LogP contribution is 2.19. The molecular weight excluding hydrogens is 194 g/mol. The molecule has 3 heteroatoms. The lowest BCUT2D eigenvalue weighted by atomic mass is 10.3. The maximum Gasteiger partial charge on any atom is 0.224 e. The van der Waals surface area contributed by atoms with Crippen LogP contribution < -0.4 is 0 Å². The highest BCUT2D eigenvalue weighted by Gasteiger charge is 2.17. The molecule has 0 aromatic carbocycles. The third-order valence-electron chi connectivity index (χ3n) is 1.78. The number of thioether (sulfide) groups is 1. The summed E-state index contributed by atoms with van der Waals surface area (Å²) in [5.74, 6) is 1.04. The van der Waals surface area contributed by atoms with Gasteiger partial charge in [-0.25, -0.2) is 0 Å². The number of rotatable bonds is 5. The molecule has 0 aliphatic carbocycles. The maximum atomic E-state index is 11.4. The Bertz CT molecular complexity index is 235. The van der Waals surface area contributed by atoms with Gasteiger partial charge in [0, 0.05) is 12.6 Å². The normalized spacial score (nSPS) is 12.9. The fourth-order valence-electron chi connectivity index (χ4n) is 1.28. The zero-order valence-corrected chi connectivity index (χ0v) is 10.2. The minimum atomic E-state index is 0.0431. The number of carbonyl (C=O) groups is 1. The first-order chi connectivity index (χ1) is 6.54. The first-order valence-corrected chi connectivity index (χ1v) is 5.82. The van der Waals surface area contributed by atoms with Crippen LogP contribution in [-0.2, 0) is 4.79 Å². The van der Waals surface area contributed by atoms with Crippen LogP contribution in [0.4, 0.5) is 0 Å². The molecule has 0 N–H and O–H groups in total. The van der Waals surface area contributed by atoms with E-state index in [0.29, 0.717) is 0 Å². The third-order valence-corrected chi connectivity index (χ3v) is 2.81. The molecule has 0 aliphatic heterocycles. The molecule has 0 spiro atoms. The van der Waals surface area contributed by atoms with Crippen molar-refractivity contribution in [3.8, 4) is 0 Å². The zero-order chi connectivity index (χ0) is 11.1. The van der Waals surface area contributed by atoms with Gasteiger partial charge < -0.3 is 4.90 Å². The summed E-state index contributed by atoms with van der Waals surface area (Å²) in [7, 11) is 0. The molecule has 0 aromatic heterocycles. The molecule has 14 heavy (non-hydrogen) atoms. The lowest BCUT2D eigenvalue weighted by molar-refractivity contribution is -0.127. The van der Waals surface area contributed by atoms with Crippen LogP contribution in [0.25, 0.3) is 0 Å². The van der Waals surface area contributed by atoms with Crippen molar-refractivity contribution < 1.29 is 4.79 Å². The Kier molecular flexibility index (Phi) is 6.37. The predicted octanol–water partition coefficient (Wildman–Crippen LogP) is 3.02. The van der Waals surface area contributed by atoms with E-state index < -0.39 is 0 Å². The summed E-state index contributed by atoms with van der Waals surface area (Å²) in [5.41, 5.74) is 0.758. The second-order valence-electron chi connectivity index (χ2n) is 2.94. The summed E-state index contributed by atoms with van der Waals surface area (Å²) in [4.78, 5) is 13.1. The van der Waals surface area contributed by atoms with Gasteiger partial charge in [-0.05, 0) is 25.7 Å². The van der Waals surface area contributed by atoms with Crippen LogP contribution in [0.15, 0.2) is 24.4 Å². The monoisotopic (exact) mass is 213 g/mol. The largest absolute Gasteiger partial charge is 0.301 e. The fourth-order valence-corrected chi connectivity index (χ4v) is 2.20. The van der Waals surface area contributed by atoms with Gasteiger partial charge >= 0.3 is 0 Å². The molecule has 0 fully saturated rings. The van der Waals surface area contributed by atoms with E-state index in [2.05, 4.69) is 13.5 Å². The van der Waals surface area contributed by atoms with Crippen molar-refractivity contribution in [1.29, 1.82) is 0 Å². The van der Waals surface area contributed by atoms with Crippen molar-refractivity contribution in [2.75, 3.05) is 5.75 Å². The number of hydrogen-bond donors (Lipinski definition) is 0. The molecule has 0 aromatic rings. The van der Waals surface area contributed by atoms with Crippen molar-refractivity contribution in [1.82, 2.24) is 4.90 Å². The lowest BCUT2D eigenvalue weighted by Gasteiger charge is -2.27. The molecule has 80 valence electrons. The Labute approximate surface area is 91.1 Å². The molecule has 2 nitrogen and oxygen atoms in total. The van der Waals surface area contributed by atoms with Gasteiger partial charge in [-0.3, -0.25) is 4.79 Å². The van der Waals surface area contributed by atoms with Crippen molar-refractivity contribution in [3.63, 3.8) is 0 Å². The summed E-state index contributed by atoms with van der Waals surface area (Å²) in [6, 6.07) is 0. The SMILES string of the molecule is C=C(/C=C\C)N(C(C)=O)C(C)SCC. The quantitative estimate of drug-likeness (QED) is 0.517. The first kappa shape index (κ1) is 13.3. The van der Waals surface area contributed by atoms with E-state index in [1.807, 2.05) is 26.0 Å². The highest BCUT2D eigenvalue weighted by atomic mass is 32.2. The van der Waals surface area contributed by atoms with Crippen molar-refractivity contribution in [2.24, 2.45) is 0 Å². The van der Waals surface area contributed by atoms with Gasteiger partial charge in [-0.15, -0.1) is 11.8 Å². The molecule has 1 amide bonds. The Morgan fingerprint density at radius 3 is 2.57 bits per heavy atom. The smallest absolute Gasteiger partial charge is 0.224 e. The van der Waals surface area contributed by atoms with Gasteiger partial charge in [-0.1, -0.05) is 19.6 Å². The number of nitrogens with zero attached hydrogens (tertiary/aromatic N) is 1. The molecule has 0 aliphatic rings. The van der Waals surface area contributed by atoms with Crippen LogP contribution in [-0.4, -0.2) is 21.9 Å². The zero-order valence-electron chi connectivity index (χ0n) is 9.41. The van der Waals surface area contributed by atoms with E-state index in [0.717, 1.165) is 11.4 Å². The fraction of sp³-hybridized carbons (Fsp3) is 0.545. The Morgan fingerprint density at radius 2 is 2.21 bits per heavy atom. The van der Waals surface area contributed by atoms with Gasteiger partial charge in [0.05, 0.1) is 5.37 Å². The standard InChI is InChI=1S/C11H19NOS/c1-6-8-9(3)12(10(4)13)11(5)14-7-2/h6,8,11H,3,7H2,1-2,4-5H3/b8-6-. The van der Waals surface area contributed by atoms with E-state index in [1.54, 1.807) is 23.6 Å². The molecule has 0 saturated carbocycles. The molecular formula is C11H19NOS. The highest BCUT2D eigenvalue weighted by molar-refractivity contribution is 7.99. The third kappa shape index (κ3) is 4.01. The van der Waals surface area contributed by atoms with E-state index >= 15 is 0 Å². The number of hydrogen-bond acceptors (Lipinski definition) is 2. The predicted molar refractivity (Wildman–Crippen MR) is 64.1 cm³/mol. The molecule has 0 rings (SSSR count). The average molecular weight is 213 g/mol. The summed E-state index contributed by atoms with van der Waals surface area (Å²) in [6.07, 6.45) is 3.75. The maximum absolute atomic E-state index is 11.4. The average Bonchev–Trinajstić information content (AvgIpc) is 2.04. The number of carbonyl (C=O) groups excluding carboxylic acids is 1. The first-order valence-electron chi connectivity index (χ1n) is 4.77.